The smallest absolute Gasteiger partial charge is 0.284 e. The van der Waals surface area contributed by atoms with Gasteiger partial charge >= 0.3 is 0 Å². The minimum Gasteiger partial charge on any atom is -0.369 e. The van der Waals surface area contributed by atoms with Crippen LogP contribution in [0, 0.1) is 0 Å². The molecule has 0 saturated heterocycles. The van der Waals surface area contributed by atoms with Gasteiger partial charge in [0.05, 0.1) is 25.2 Å². The Hall–Kier alpha value is -1.75. The number of benzene rings is 1. The van der Waals surface area contributed by atoms with Crippen molar-refractivity contribution in [3.05, 3.63) is 54.5 Å². The van der Waals surface area contributed by atoms with E-state index in [1.54, 1.807) is 26.6 Å². The average Bonchev–Trinajstić information content (AvgIpc) is 3.07. The molecule has 1 aromatic carbocycles. The first kappa shape index (κ1) is 21.0. The van der Waals surface area contributed by atoms with Gasteiger partial charge in [-0.25, -0.2) is 9.37 Å². The number of nitrogens with two attached hydrogens (primary N) is 1. The molecule has 2 atom stereocenters. The summed E-state index contributed by atoms with van der Waals surface area (Å²) < 4.78 is 38.7. The second-order valence-electron chi connectivity index (χ2n) is 6.09. The summed E-state index contributed by atoms with van der Waals surface area (Å²) in [5, 5.41) is -0.287. The fraction of sp³-hybridized carbons (Fsp3) is 0.294. The molecule has 2 aromatic rings. The lowest BCUT2D eigenvalue weighted by molar-refractivity contribution is 0.0482. The molecular formula is C17H20FIN5O3P. The highest BCUT2D eigenvalue weighted by Gasteiger charge is 2.24. The zero-order chi connectivity index (χ0) is 20.1. The van der Waals surface area contributed by atoms with Crippen LogP contribution in [0.15, 0.2) is 48.2 Å². The van der Waals surface area contributed by atoms with Crippen LogP contribution in [-0.4, -0.2) is 34.6 Å². The number of nitrogens with zero attached hydrogens (tertiary/aromatic N) is 3. The molecule has 3 rings (SSSR count). The maximum absolute atomic E-state index is 13.5. The van der Waals surface area contributed by atoms with Crippen molar-refractivity contribution in [1.29, 1.82) is 0 Å². The van der Waals surface area contributed by atoms with Crippen molar-refractivity contribution in [3.8, 4) is 0 Å². The largest absolute Gasteiger partial charge is 0.369 e. The molecule has 3 N–H and O–H groups in total. The molecule has 0 bridgehead atoms. The third kappa shape index (κ3) is 5.40. The van der Waals surface area contributed by atoms with Crippen LogP contribution in [0.2, 0.25) is 0 Å². The number of rotatable bonds is 9. The first-order chi connectivity index (χ1) is 13.4. The lowest BCUT2D eigenvalue weighted by atomic mass is 10.2. The van der Waals surface area contributed by atoms with Crippen LogP contribution in [0.25, 0.3) is 5.70 Å². The summed E-state index contributed by atoms with van der Waals surface area (Å²) in [4.78, 5) is 8.39. The van der Waals surface area contributed by atoms with Gasteiger partial charge in [0.2, 0.25) is 0 Å². The summed E-state index contributed by atoms with van der Waals surface area (Å²) in [6.45, 7) is 3.40. The molecule has 11 heteroatoms. The Morgan fingerprint density at radius 1 is 1.39 bits per heavy atom. The van der Waals surface area contributed by atoms with Crippen molar-refractivity contribution in [2.24, 2.45) is 10.7 Å². The minimum absolute atomic E-state index is 0.137. The topological polar surface area (TPSA) is 104 Å². The molecule has 0 radical (unpaired) electrons. The number of ether oxygens (including phenoxy) is 1. The Kier molecular flexibility index (Phi) is 6.86. The molecule has 0 saturated carbocycles. The summed E-state index contributed by atoms with van der Waals surface area (Å²) in [5.41, 5.74) is 7.66. The van der Waals surface area contributed by atoms with E-state index in [1.165, 1.54) is 6.33 Å². The van der Waals surface area contributed by atoms with Crippen molar-refractivity contribution in [3.63, 3.8) is 0 Å². The SMILES string of the molecule is C=C1NC(N)=Nc2c1ncn2CC(CF)OCP(=O)(I)OCc1ccccc1. The van der Waals surface area contributed by atoms with Crippen LogP contribution in [0.4, 0.5) is 10.2 Å². The van der Waals surface area contributed by atoms with Gasteiger partial charge in [-0.2, -0.15) is 4.99 Å². The van der Waals surface area contributed by atoms with Crippen molar-refractivity contribution in [2.75, 3.05) is 13.0 Å². The van der Waals surface area contributed by atoms with Gasteiger partial charge < -0.3 is 24.9 Å². The minimum atomic E-state index is -3.07. The molecule has 0 spiro atoms. The first-order valence-corrected chi connectivity index (χ1v) is 13.0. The van der Waals surface area contributed by atoms with E-state index in [-0.39, 0.29) is 25.5 Å². The molecule has 1 aliphatic rings. The second kappa shape index (κ2) is 9.17. The second-order valence-corrected chi connectivity index (χ2v) is 12.2. The van der Waals surface area contributed by atoms with Crippen molar-refractivity contribution in [2.45, 2.75) is 19.3 Å². The summed E-state index contributed by atoms with van der Waals surface area (Å²) in [5.74, 6) is 0.657. The predicted molar refractivity (Wildman–Crippen MR) is 114 cm³/mol. The molecule has 1 aliphatic heterocycles. The molecule has 2 heterocycles. The van der Waals surface area contributed by atoms with E-state index in [9.17, 15) is 8.96 Å². The summed E-state index contributed by atoms with van der Waals surface area (Å²) >= 11 is 1.73. The van der Waals surface area contributed by atoms with Crippen LogP contribution in [0.3, 0.4) is 0 Å². The standard InChI is InChI=1S/C17H20FIN5O3P/c1-12-15-16(23-17(20)22-12)24(10-21-15)8-14(7-18)26-11-28(19,25)27-9-13-5-3-2-4-6-13/h2-6,10,14H,1,7-9,11H2,(H3,20,22,23). The molecule has 0 aliphatic carbocycles. The van der Waals surface area contributed by atoms with Crippen LogP contribution < -0.4 is 11.1 Å². The van der Waals surface area contributed by atoms with Gasteiger partial charge in [0, 0.05) is 22.0 Å². The van der Waals surface area contributed by atoms with Gasteiger partial charge in [0.15, 0.2) is 11.8 Å². The number of fused-ring (bicyclic) bond motifs is 1. The van der Waals surface area contributed by atoms with Gasteiger partial charge in [0.1, 0.15) is 24.8 Å². The summed E-state index contributed by atoms with van der Waals surface area (Å²) in [6.07, 6.45) is 0.480. The highest BCUT2D eigenvalue weighted by molar-refractivity contribution is 14.2. The van der Waals surface area contributed by atoms with E-state index in [2.05, 4.69) is 21.9 Å². The number of alkyl halides is 1. The molecular weight excluding hydrogens is 499 g/mol. The van der Waals surface area contributed by atoms with E-state index in [0.29, 0.717) is 17.2 Å². The monoisotopic (exact) mass is 519 g/mol. The molecule has 8 nitrogen and oxygen atoms in total. The summed E-state index contributed by atoms with van der Waals surface area (Å²) in [7, 11) is 0. The third-order valence-electron chi connectivity index (χ3n) is 3.90. The molecule has 0 amide bonds. The Morgan fingerprint density at radius 3 is 2.86 bits per heavy atom. The van der Waals surface area contributed by atoms with Crippen molar-refractivity contribution < 1.29 is 18.2 Å². The number of halogens is 2. The number of guanidine groups is 1. The molecule has 150 valence electrons. The molecule has 28 heavy (non-hydrogen) atoms. The average molecular weight is 519 g/mol. The van der Waals surface area contributed by atoms with Crippen molar-refractivity contribution in [1.82, 2.24) is 14.9 Å². The molecule has 1 aromatic heterocycles. The van der Waals surface area contributed by atoms with Crippen LogP contribution in [0.1, 0.15) is 11.3 Å². The van der Waals surface area contributed by atoms with Crippen molar-refractivity contribution >= 4 is 44.5 Å². The van der Waals surface area contributed by atoms with E-state index in [4.69, 9.17) is 15.0 Å². The Labute approximate surface area is 175 Å². The lowest BCUT2D eigenvalue weighted by Gasteiger charge is -2.20. The predicted octanol–water partition coefficient (Wildman–Crippen LogP) is 3.56. The number of hydrogen-bond donors (Lipinski definition) is 2. The Morgan fingerprint density at radius 2 is 2.14 bits per heavy atom. The maximum atomic E-state index is 13.5. The van der Waals surface area contributed by atoms with Gasteiger partial charge in [-0.05, 0) is 5.56 Å². The quantitative estimate of drug-likeness (QED) is 0.388. The first-order valence-electron chi connectivity index (χ1n) is 8.38. The van der Waals surface area contributed by atoms with Crippen LogP contribution in [0.5, 0.6) is 0 Å². The number of aromatic nitrogens is 2. The Bertz CT molecular complexity index is 921. The van der Waals surface area contributed by atoms with E-state index < -0.39 is 17.8 Å². The highest BCUT2D eigenvalue weighted by atomic mass is 127. The molecule has 2 unspecified atom stereocenters. The molecule has 0 fully saturated rings. The summed E-state index contributed by atoms with van der Waals surface area (Å²) in [6, 6.07) is 9.38. The van der Waals surface area contributed by atoms with E-state index >= 15 is 0 Å². The van der Waals surface area contributed by atoms with Gasteiger partial charge in [-0.1, -0.05) is 36.9 Å². The number of hydrogen-bond acceptors (Lipinski definition) is 7. The maximum Gasteiger partial charge on any atom is 0.284 e. The van der Waals surface area contributed by atoms with E-state index in [0.717, 1.165) is 5.56 Å². The fourth-order valence-electron chi connectivity index (χ4n) is 2.54. The van der Waals surface area contributed by atoms with E-state index in [1.807, 2.05) is 30.3 Å². The Balaban J connectivity index is 1.58. The van der Waals surface area contributed by atoms with Crippen LogP contribution in [-0.2, 0) is 27.0 Å². The van der Waals surface area contributed by atoms with Gasteiger partial charge in [-0.15, -0.1) is 0 Å². The zero-order valence-electron chi connectivity index (χ0n) is 14.9. The van der Waals surface area contributed by atoms with Gasteiger partial charge in [0.25, 0.3) is 5.01 Å². The number of aliphatic imine (C=N–C) groups is 1. The number of nitrogens with one attached hydrogen (secondary N) is 1. The fourth-order valence-corrected chi connectivity index (χ4v) is 4.24. The van der Waals surface area contributed by atoms with Gasteiger partial charge in [-0.3, -0.25) is 4.57 Å². The van der Waals surface area contributed by atoms with Crippen LogP contribution >= 0.6 is 27.1 Å². The number of imidazole rings is 1. The zero-order valence-corrected chi connectivity index (χ0v) is 18.0. The highest BCUT2D eigenvalue weighted by Crippen LogP contribution is 2.56. The third-order valence-corrected chi connectivity index (χ3v) is 6.55. The normalized spacial score (nSPS) is 16.6. The lowest BCUT2D eigenvalue weighted by Crippen LogP contribution is -2.32.